The summed E-state index contributed by atoms with van der Waals surface area (Å²) >= 11 is 1.11. The standard InChI is InChI=1S/C33H45Si.Sn.H/c1-21(2)28-14-12-15-29(22(3)4)32(28)25-18-26(20-27(19-25)34(9,10)11)33-30(23(5)6)16-13-17-31(33)24(7)8;;/h12-17,19-24H,1-11H3;;. The Kier molecular flexibility index (Phi) is 8.85. The van der Waals surface area contributed by atoms with Gasteiger partial charge in [-0.25, -0.2) is 0 Å². The summed E-state index contributed by atoms with van der Waals surface area (Å²) < 4.78 is 1.56. The van der Waals surface area contributed by atoms with E-state index in [4.69, 9.17) is 0 Å². The summed E-state index contributed by atoms with van der Waals surface area (Å²) in [5.74, 6) is 1.99. The van der Waals surface area contributed by atoms with Crippen molar-refractivity contribution in [3.63, 3.8) is 0 Å². The van der Waals surface area contributed by atoms with Crippen molar-refractivity contribution in [1.82, 2.24) is 0 Å². The molecule has 3 aromatic rings. The Morgan fingerprint density at radius 1 is 0.543 bits per heavy atom. The van der Waals surface area contributed by atoms with E-state index in [9.17, 15) is 0 Å². The molecule has 0 nitrogen and oxygen atoms in total. The van der Waals surface area contributed by atoms with Crippen LogP contribution in [-0.4, -0.2) is 30.6 Å². The van der Waals surface area contributed by atoms with E-state index in [1.54, 1.807) is 8.77 Å². The zero-order valence-electron chi connectivity index (χ0n) is 24.0. The molecule has 0 saturated heterocycles. The molecule has 0 heterocycles. The average molecular weight is 590 g/mol. The number of hydrogen-bond donors (Lipinski definition) is 0. The molecule has 0 N–H and O–H groups in total. The minimum absolute atomic E-state index is 0.497. The minimum atomic E-state index is -1.55. The normalized spacial score (nSPS) is 12.5. The molecule has 0 amide bonds. The van der Waals surface area contributed by atoms with Crippen LogP contribution in [-0.2, 0) is 0 Å². The van der Waals surface area contributed by atoms with Crippen molar-refractivity contribution in [3.8, 4) is 22.3 Å². The summed E-state index contributed by atoms with van der Waals surface area (Å²) in [6.45, 7) is 26.3. The van der Waals surface area contributed by atoms with Crippen LogP contribution in [0.4, 0.5) is 0 Å². The Labute approximate surface area is 230 Å². The zero-order chi connectivity index (χ0) is 26.2. The molecule has 0 spiro atoms. The molecule has 0 atom stereocenters. The van der Waals surface area contributed by atoms with Crippen LogP contribution >= 0.6 is 0 Å². The molecule has 0 aromatic heterocycles. The van der Waals surface area contributed by atoms with E-state index in [0.717, 1.165) is 22.5 Å². The average Bonchev–Trinajstić information content (AvgIpc) is 2.77. The molecule has 3 rings (SSSR count). The van der Waals surface area contributed by atoms with Crippen molar-refractivity contribution in [2.45, 2.75) is 98.7 Å². The van der Waals surface area contributed by atoms with Gasteiger partial charge in [0.1, 0.15) is 0 Å². The Bertz CT molecular complexity index is 1060. The molecule has 0 unspecified atom stereocenters. The summed E-state index contributed by atoms with van der Waals surface area (Å²) in [6, 6.07) is 19.2. The van der Waals surface area contributed by atoms with Gasteiger partial charge in [0.05, 0.1) is 0 Å². The van der Waals surface area contributed by atoms with Gasteiger partial charge < -0.3 is 0 Å². The van der Waals surface area contributed by atoms with Gasteiger partial charge in [0, 0.05) is 0 Å². The van der Waals surface area contributed by atoms with Gasteiger partial charge in [0.2, 0.25) is 0 Å². The van der Waals surface area contributed by atoms with E-state index in [1.165, 1.54) is 44.5 Å². The van der Waals surface area contributed by atoms with Crippen molar-refractivity contribution in [1.29, 1.82) is 0 Å². The van der Waals surface area contributed by atoms with Crippen LogP contribution in [0.15, 0.2) is 48.5 Å². The zero-order valence-corrected chi connectivity index (χ0v) is 28.3. The van der Waals surface area contributed by atoms with Gasteiger partial charge in [-0.15, -0.1) is 0 Å². The van der Waals surface area contributed by atoms with E-state index >= 15 is 0 Å². The number of rotatable bonds is 7. The molecule has 0 saturated carbocycles. The summed E-state index contributed by atoms with van der Waals surface area (Å²) in [4.78, 5) is 0. The Morgan fingerprint density at radius 3 is 1.06 bits per heavy atom. The van der Waals surface area contributed by atoms with Crippen LogP contribution in [0.1, 0.15) is 101 Å². The van der Waals surface area contributed by atoms with E-state index in [-0.39, 0.29) is 0 Å². The topological polar surface area (TPSA) is 0 Å². The first-order chi connectivity index (χ1) is 16.3. The van der Waals surface area contributed by atoms with Crippen molar-refractivity contribution in [2.24, 2.45) is 0 Å². The summed E-state index contributed by atoms with van der Waals surface area (Å²) in [5.41, 5.74) is 12.0. The van der Waals surface area contributed by atoms with Crippen molar-refractivity contribution in [2.75, 3.05) is 0 Å². The van der Waals surface area contributed by atoms with Gasteiger partial charge in [0.15, 0.2) is 0 Å². The fraction of sp³-hybridized carbons (Fsp3) is 0.455. The van der Waals surface area contributed by atoms with Gasteiger partial charge >= 0.3 is 231 Å². The second-order valence-corrected chi connectivity index (χ2v) is 19.2. The Morgan fingerprint density at radius 2 is 0.829 bits per heavy atom. The SMILES string of the molecule is CC(C)c1cccc(C(C)C)c1-c1cc([Si](C)(C)C)cc(-c2c(C(C)C)cccc2C(C)C)[c]1[SnH]. The van der Waals surface area contributed by atoms with Crippen molar-refractivity contribution < 1.29 is 0 Å². The first-order valence-corrected chi connectivity index (χ1v) is 18.6. The molecule has 35 heavy (non-hydrogen) atoms. The van der Waals surface area contributed by atoms with Crippen LogP contribution in [0, 0.1) is 0 Å². The van der Waals surface area contributed by atoms with Crippen LogP contribution in [0.3, 0.4) is 0 Å². The molecule has 0 aliphatic rings. The van der Waals surface area contributed by atoms with E-state index < -0.39 is 8.07 Å². The molecule has 0 aliphatic carbocycles. The second kappa shape index (κ2) is 11.0. The summed E-state index contributed by atoms with van der Waals surface area (Å²) in [7, 11) is -1.55. The molecule has 0 aliphatic heterocycles. The van der Waals surface area contributed by atoms with Crippen LogP contribution in [0.5, 0.6) is 0 Å². The van der Waals surface area contributed by atoms with Gasteiger partial charge in [0.25, 0.3) is 0 Å². The molecule has 0 bridgehead atoms. The predicted molar refractivity (Wildman–Crippen MR) is 163 cm³/mol. The van der Waals surface area contributed by atoms with Gasteiger partial charge in [-0.2, -0.15) is 0 Å². The molecule has 0 fully saturated rings. The quantitative estimate of drug-likeness (QED) is 0.242. The number of benzene rings is 3. The third kappa shape index (κ3) is 5.82. The van der Waals surface area contributed by atoms with Crippen LogP contribution in [0.25, 0.3) is 22.3 Å². The molecule has 186 valence electrons. The third-order valence-electron chi connectivity index (χ3n) is 7.33. The van der Waals surface area contributed by atoms with E-state index in [2.05, 4.69) is 124 Å². The predicted octanol–water partition coefficient (Wildman–Crippen LogP) is 8.59. The Hall–Kier alpha value is -1.32. The van der Waals surface area contributed by atoms with Gasteiger partial charge in [-0.05, 0) is 0 Å². The van der Waals surface area contributed by atoms with Gasteiger partial charge in [-0.1, -0.05) is 0 Å². The first-order valence-electron chi connectivity index (χ1n) is 13.5. The van der Waals surface area contributed by atoms with Gasteiger partial charge in [-0.3, -0.25) is 0 Å². The molecule has 2 radical (unpaired) electrons. The second-order valence-electron chi connectivity index (χ2n) is 12.5. The summed E-state index contributed by atoms with van der Waals surface area (Å²) in [6.07, 6.45) is 0. The monoisotopic (exact) mass is 590 g/mol. The van der Waals surface area contributed by atoms with Crippen LogP contribution < -0.4 is 8.77 Å². The molecular weight excluding hydrogens is 543 g/mol. The van der Waals surface area contributed by atoms with Crippen molar-refractivity contribution >= 4 is 39.4 Å². The Balaban J connectivity index is 2.55. The van der Waals surface area contributed by atoms with E-state index in [1.807, 2.05) is 0 Å². The fourth-order valence-corrected chi connectivity index (χ4v) is 7.68. The molecule has 3 aromatic carbocycles. The first kappa shape index (κ1) is 28.3. The number of hydrogen-bond acceptors (Lipinski definition) is 0. The fourth-order valence-electron chi connectivity index (χ4n) is 5.22. The summed E-state index contributed by atoms with van der Waals surface area (Å²) in [5, 5.41) is 1.57. The molecule has 2 heteroatoms. The maximum absolute atomic E-state index is 2.59. The molecular formula is C33H46SiSn. The third-order valence-corrected chi connectivity index (χ3v) is 11.1. The van der Waals surface area contributed by atoms with Crippen LogP contribution in [0.2, 0.25) is 19.6 Å². The maximum atomic E-state index is 2.59. The van der Waals surface area contributed by atoms with Crippen molar-refractivity contribution in [3.05, 3.63) is 70.8 Å². The van der Waals surface area contributed by atoms with E-state index in [0.29, 0.717) is 23.7 Å².